The van der Waals surface area contributed by atoms with Crippen molar-refractivity contribution in [3.05, 3.63) is 103 Å². The summed E-state index contributed by atoms with van der Waals surface area (Å²) in [6, 6.07) is 35.9. The molecule has 1 heteroatoms. The molecule has 0 aliphatic heterocycles. The first-order valence-corrected chi connectivity index (χ1v) is 8.75. The van der Waals surface area contributed by atoms with Gasteiger partial charge in [-0.15, -0.1) is 0 Å². The molecule has 1 nitrogen and oxygen atoms in total. The van der Waals surface area contributed by atoms with Crippen LogP contribution in [0.4, 0.5) is 0 Å². The molecule has 0 aliphatic carbocycles. The molecule has 0 atom stereocenters. The molecule has 0 aromatic heterocycles. The second-order valence-corrected chi connectivity index (χ2v) is 6.19. The van der Waals surface area contributed by atoms with Gasteiger partial charge in [0.05, 0.1) is 7.11 Å². The van der Waals surface area contributed by atoms with E-state index in [1.165, 1.54) is 33.4 Å². The van der Waals surface area contributed by atoms with E-state index in [0.717, 1.165) is 5.75 Å². The molecule has 0 aliphatic rings. The molecule has 0 N–H and O–H groups in total. The Kier molecular flexibility index (Phi) is 4.53. The molecule has 0 amide bonds. The van der Waals surface area contributed by atoms with E-state index in [0.29, 0.717) is 0 Å². The number of methoxy groups -OCH3 is 1. The Bertz CT molecular complexity index is 1000. The molecule has 4 aromatic rings. The predicted molar refractivity (Wildman–Crippen MR) is 109 cm³/mol. The van der Waals surface area contributed by atoms with Crippen LogP contribution in [0.25, 0.3) is 33.4 Å². The molecule has 0 saturated heterocycles. The summed E-state index contributed by atoms with van der Waals surface area (Å²) in [5.74, 6) is 0.863. The van der Waals surface area contributed by atoms with Crippen LogP contribution in [0.2, 0.25) is 0 Å². The smallest absolute Gasteiger partial charge is 0.119 e. The van der Waals surface area contributed by atoms with Crippen LogP contribution < -0.4 is 4.74 Å². The van der Waals surface area contributed by atoms with Gasteiger partial charge in [0.15, 0.2) is 0 Å². The summed E-state index contributed by atoms with van der Waals surface area (Å²) < 4.78 is 5.51. The molecule has 0 bridgehead atoms. The molecule has 0 unspecified atom stereocenters. The van der Waals surface area contributed by atoms with Crippen molar-refractivity contribution >= 4 is 0 Å². The van der Waals surface area contributed by atoms with Crippen molar-refractivity contribution in [1.82, 2.24) is 0 Å². The maximum atomic E-state index is 5.51. The predicted octanol–water partition coefficient (Wildman–Crippen LogP) is 6.70. The normalized spacial score (nSPS) is 10.5. The lowest BCUT2D eigenvalue weighted by molar-refractivity contribution is 0.415. The van der Waals surface area contributed by atoms with Gasteiger partial charge in [-0.3, -0.25) is 0 Å². The molecule has 26 heavy (non-hydrogen) atoms. The minimum atomic E-state index is 0.863. The highest BCUT2D eigenvalue weighted by Gasteiger charge is 2.13. The Balaban J connectivity index is 1.97. The maximum absolute atomic E-state index is 5.51. The summed E-state index contributed by atoms with van der Waals surface area (Å²) in [4.78, 5) is 0. The number of rotatable bonds is 4. The fourth-order valence-electron chi connectivity index (χ4n) is 3.33. The quantitative estimate of drug-likeness (QED) is 0.403. The minimum Gasteiger partial charge on any atom is -0.497 e. The van der Waals surface area contributed by atoms with Crippen molar-refractivity contribution in [3.8, 4) is 39.1 Å². The highest BCUT2D eigenvalue weighted by molar-refractivity contribution is 5.92. The maximum Gasteiger partial charge on any atom is 0.119 e. The van der Waals surface area contributed by atoms with E-state index in [9.17, 15) is 0 Å². The average molecular weight is 336 g/mol. The Labute approximate surface area is 154 Å². The largest absolute Gasteiger partial charge is 0.497 e. The van der Waals surface area contributed by atoms with E-state index < -0.39 is 0 Å². The van der Waals surface area contributed by atoms with Crippen LogP contribution in [0.3, 0.4) is 0 Å². The van der Waals surface area contributed by atoms with E-state index in [1.807, 2.05) is 18.2 Å². The highest BCUT2D eigenvalue weighted by Crippen LogP contribution is 2.39. The first-order chi connectivity index (χ1) is 12.9. The van der Waals surface area contributed by atoms with Gasteiger partial charge >= 0.3 is 0 Å². The third-order valence-electron chi connectivity index (χ3n) is 4.61. The first-order valence-electron chi connectivity index (χ1n) is 8.75. The standard InChI is InChI=1S/C25H20O/c1-26-21-16-17-23(20-12-6-3-7-13-20)25(18-21)24-15-9-8-14-22(24)19-10-4-2-5-11-19/h2-18H,1H3. The Morgan fingerprint density at radius 3 is 1.54 bits per heavy atom. The first kappa shape index (κ1) is 16.2. The highest BCUT2D eigenvalue weighted by atomic mass is 16.5. The fraction of sp³-hybridized carbons (Fsp3) is 0.0400. The molecular formula is C25H20O. The second-order valence-electron chi connectivity index (χ2n) is 6.19. The van der Waals surface area contributed by atoms with Gasteiger partial charge in [0.25, 0.3) is 0 Å². The monoisotopic (exact) mass is 336 g/mol. The van der Waals surface area contributed by atoms with E-state index >= 15 is 0 Å². The second kappa shape index (κ2) is 7.28. The van der Waals surface area contributed by atoms with Crippen molar-refractivity contribution in [2.75, 3.05) is 7.11 Å². The van der Waals surface area contributed by atoms with Crippen molar-refractivity contribution in [3.63, 3.8) is 0 Å². The fourth-order valence-corrected chi connectivity index (χ4v) is 3.33. The average Bonchev–Trinajstić information content (AvgIpc) is 2.74. The van der Waals surface area contributed by atoms with Crippen LogP contribution in [0.1, 0.15) is 0 Å². The molecule has 0 radical (unpaired) electrons. The van der Waals surface area contributed by atoms with Gasteiger partial charge in [-0.25, -0.2) is 0 Å². The van der Waals surface area contributed by atoms with Crippen LogP contribution in [0, 0.1) is 0 Å². The van der Waals surface area contributed by atoms with Crippen molar-refractivity contribution in [2.45, 2.75) is 0 Å². The molecule has 126 valence electrons. The number of benzene rings is 4. The molecular weight excluding hydrogens is 316 g/mol. The Morgan fingerprint density at radius 1 is 0.462 bits per heavy atom. The third-order valence-corrected chi connectivity index (χ3v) is 4.61. The van der Waals surface area contributed by atoms with Gasteiger partial charge in [-0.2, -0.15) is 0 Å². The summed E-state index contributed by atoms with van der Waals surface area (Å²) in [6.45, 7) is 0. The minimum absolute atomic E-state index is 0.863. The summed E-state index contributed by atoms with van der Waals surface area (Å²) in [7, 11) is 1.71. The van der Waals surface area contributed by atoms with E-state index in [1.54, 1.807) is 7.11 Å². The molecule has 0 saturated carbocycles. The Hall–Kier alpha value is -3.32. The van der Waals surface area contributed by atoms with Crippen molar-refractivity contribution < 1.29 is 4.74 Å². The van der Waals surface area contributed by atoms with Gasteiger partial charge in [-0.05, 0) is 45.5 Å². The number of hydrogen-bond donors (Lipinski definition) is 0. The summed E-state index contributed by atoms with van der Waals surface area (Å²) >= 11 is 0. The number of ether oxygens (including phenoxy) is 1. The van der Waals surface area contributed by atoms with Crippen LogP contribution in [-0.4, -0.2) is 7.11 Å². The van der Waals surface area contributed by atoms with Crippen molar-refractivity contribution in [2.24, 2.45) is 0 Å². The topological polar surface area (TPSA) is 9.23 Å². The van der Waals surface area contributed by atoms with Crippen molar-refractivity contribution in [1.29, 1.82) is 0 Å². The molecule has 0 fully saturated rings. The van der Waals surface area contributed by atoms with Gasteiger partial charge in [0.2, 0.25) is 0 Å². The van der Waals surface area contributed by atoms with E-state index in [4.69, 9.17) is 4.74 Å². The lowest BCUT2D eigenvalue weighted by Gasteiger charge is -2.16. The molecule has 0 spiro atoms. The van der Waals surface area contributed by atoms with Crippen LogP contribution >= 0.6 is 0 Å². The third kappa shape index (κ3) is 3.12. The Morgan fingerprint density at radius 2 is 0.962 bits per heavy atom. The van der Waals surface area contributed by atoms with Crippen LogP contribution in [-0.2, 0) is 0 Å². The molecule has 4 rings (SSSR count). The van der Waals surface area contributed by atoms with Crippen LogP contribution in [0.5, 0.6) is 5.75 Å². The van der Waals surface area contributed by atoms with E-state index in [-0.39, 0.29) is 0 Å². The zero-order valence-corrected chi connectivity index (χ0v) is 14.7. The van der Waals surface area contributed by atoms with Gasteiger partial charge in [0.1, 0.15) is 5.75 Å². The zero-order valence-electron chi connectivity index (χ0n) is 14.7. The van der Waals surface area contributed by atoms with Crippen LogP contribution in [0.15, 0.2) is 103 Å². The molecule has 4 aromatic carbocycles. The molecule has 0 heterocycles. The number of hydrogen-bond acceptors (Lipinski definition) is 1. The zero-order chi connectivity index (χ0) is 17.8. The summed E-state index contributed by atoms with van der Waals surface area (Å²) in [5.41, 5.74) is 7.22. The lowest BCUT2D eigenvalue weighted by Crippen LogP contribution is -1.91. The lowest BCUT2D eigenvalue weighted by atomic mass is 9.89. The van der Waals surface area contributed by atoms with Gasteiger partial charge < -0.3 is 4.74 Å². The summed E-state index contributed by atoms with van der Waals surface area (Å²) in [5, 5.41) is 0. The summed E-state index contributed by atoms with van der Waals surface area (Å²) in [6.07, 6.45) is 0. The van der Waals surface area contributed by atoms with Gasteiger partial charge in [-0.1, -0.05) is 91.0 Å². The van der Waals surface area contributed by atoms with Gasteiger partial charge in [0, 0.05) is 0 Å². The SMILES string of the molecule is COc1ccc(-c2ccccc2)c(-c2ccccc2-c2ccccc2)c1. The van der Waals surface area contributed by atoms with E-state index in [2.05, 4.69) is 84.9 Å².